The molecule has 6 saturated heterocycles. The van der Waals surface area contributed by atoms with E-state index in [1.54, 1.807) is 0 Å². The highest BCUT2D eigenvalue weighted by Gasteiger charge is 2.40. The number of hydrogen-bond acceptors (Lipinski definition) is 24. The smallest absolute Gasteiger partial charge is 0.184 e. The quantitative estimate of drug-likeness (QED) is 0.0348. The van der Waals surface area contributed by atoms with Gasteiger partial charge in [-0.2, -0.15) is 0 Å². The van der Waals surface area contributed by atoms with Crippen molar-refractivity contribution in [3.05, 3.63) is 215 Å². The summed E-state index contributed by atoms with van der Waals surface area (Å²) in [5.74, 6) is 0. The zero-order chi connectivity index (χ0) is 81.6. The van der Waals surface area contributed by atoms with Crippen molar-refractivity contribution in [2.75, 3.05) is 158 Å². The van der Waals surface area contributed by atoms with Gasteiger partial charge in [0.05, 0.1) is 192 Å². The van der Waals surface area contributed by atoms with Crippen LogP contribution in [0.5, 0.6) is 0 Å². The van der Waals surface area contributed by atoms with Crippen molar-refractivity contribution in [3.8, 4) is 0 Å². The SMILES string of the molecule is CCC(COCC(C)OCC(C)OCC(C)N(CC1COC(c2ccccc2)O1)CC1COC(c2ccccc2)O1)(COCC(C)OCC(C)OCC(C)N(CC1COC(c2ccccc2)O1)CC1COC(c2ccccc2)O1)COCC(C)OCC(C)OCC(C)N(CC1COC(c2ccccc2)O1)CC1COC(c2ccccc2)O1. The lowest BCUT2D eigenvalue weighted by Crippen LogP contribution is -2.46. The van der Waals surface area contributed by atoms with Crippen LogP contribution in [0.4, 0.5) is 0 Å². The molecule has 6 heterocycles. The van der Waals surface area contributed by atoms with E-state index in [1.165, 1.54) is 0 Å². The van der Waals surface area contributed by atoms with Crippen LogP contribution >= 0.6 is 0 Å². The molecule has 0 amide bonds. The monoisotopic (exact) mass is 1630 g/mol. The second kappa shape index (κ2) is 47.7. The maximum atomic E-state index is 6.62. The lowest BCUT2D eigenvalue weighted by Gasteiger charge is -2.34. The van der Waals surface area contributed by atoms with Crippen molar-refractivity contribution >= 4 is 0 Å². The summed E-state index contributed by atoms with van der Waals surface area (Å²) in [5.41, 5.74) is 5.49. The first-order chi connectivity index (χ1) is 57.0. The third kappa shape index (κ3) is 29.3. The molecule has 117 heavy (non-hydrogen) atoms. The minimum absolute atomic E-state index is 0.0107. The van der Waals surface area contributed by atoms with Gasteiger partial charge in [-0.1, -0.05) is 189 Å². The van der Waals surface area contributed by atoms with E-state index in [1.807, 2.05) is 224 Å². The summed E-state index contributed by atoms with van der Waals surface area (Å²) in [4.78, 5) is 7.11. The predicted molar refractivity (Wildman–Crippen MR) is 441 cm³/mol. The van der Waals surface area contributed by atoms with E-state index in [-0.39, 0.29) is 91.4 Å². The van der Waals surface area contributed by atoms with Crippen molar-refractivity contribution in [3.63, 3.8) is 0 Å². The Morgan fingerprint density at radius 1 is 0.265 bits per heavy atom. The molecule has 0 aliphatic carbocycles. The molecule has 6 aromatic carbocycles. The van der Waals surface area contributed by atoms with E-state index < -0.39 is 43.2 Å². The predicted octanol–water partition coefficient (Wildman–Crippen LogP) is 13.6. The fraction of sp³-hybridized carbons (Fsp3) is 0.613. The fourth-order valence-electron chi connectivity index (χ4n) is 15.0. The standard InChI is InChI=1S/C93H131N3O21/c1-11-93(63-97-51-69(5)103-54-72(8)100-48-66(2)94(42-81-57-106-87(112-81)75-30-18-12-19-31-75)43-82-58-107-88(113-82)76-32-20-13-21-33-76,64-98-52-70(6)104-55-73(9)101-49-67(3)95(44-83-59-108-89(114-83)77-34-22-14-23-35-77)45-84-60-109-90(115-84)78-36-24-15-25-37-78)65-99-53-71(7)105-56-74(10)102-50-68(4)96(46-85-61-110-91(116-85)79-38-26-16-27-39-79)47-86-62-111-92(117-86)80-40-28-17-29-41-80/h12-41,66-74,81-92H,11,42-65H2,1-10H3. The molecule has 6 aliphatic heterocycles. The average Bonchev–Trinajstić information content (AvgIpc) is 1.72. The summed E-state index contributed by atoms with van der Waals surface area (Å²) in [7, 11) is 0. The molecule has 644 valence electrons. The van der Waals surface area contributed by atoms with Gasteiger partial charge in [0.2, 0.25) is 0 Å². The molecule has 6 fully saturated rings. The van der Waals surface area contributed by atoms with Crippen molar-refractivity contribution in [2.24, 2.45) is 5.41 Å². The molecule has 21 unspecified atom stereocenters. The van der Waals surface area contributed by atoms with Crippen LogP contribution in [0.15, 0.2) is 182 Å². The van der Waals surface area contributed by atoms with E-state index in [9.17, 15) is 0 Å². The second-order valence-electron chi connectivity index (χ2n) is 32.7. The molecule has 0 saturated carbocycles. The number of rotatable bonds is 52. The van der Waals surface area contributed by atoms with Gasteiger partial charge in [-0.15, -0.1) is 0 Å². The summed E-state index contributed by atoms with van der Waals surface area (Å²) >= 11 is 0. The van der Waals surface area contributed by atoms with Crippen molar-refractivity contribution in [1.82, 2.24) is 14.7 Å². The van der Waals surface area contributed by atoms with Gasteiger partial charge in [-0.3, -0.25) is 14.7 Å². The third-order valence-electron chi connectivity index (χ3n) is 22.2. The Bertz CT molecular complexity index is 3110. The first-order valence-corrected chi connectivity index (χ1v) is 42.6. The van der Waals surface area contributed by atoms with Crippen molar-refractivity contribution in [1.29, 1.82) is 0 Å². The maximum Gasteiger partial charge on any atom is 0.184 e. The van der Waals surface area contributed by atoms with Gasteiger partial charge in [-0.25, -0.2) is 0 Å². The van der Waals surface area contributed by atoms with Gasteiger partial charge in [0.25, 0.3) is 0 Å². The van der Waals surface area contributed by atoms with Crippen molar-refractivity contribution in [2.45, 2.75) is 205 Å². The van der Waals surface area contributed by atoms with Crippen LogP contribution in [0.25, 0.3) is 0 Å². The molecule has 0 spiro atoms. The molecule has 21 atom stereocenters. The molecule has 0 aromatic heterocycles. The fourth-order valence-corrected chi connectivity index (χ4v) is 15.0. The summed E-state index contributed by atoms with van der Waals surface area (Å²) in [5, 5.41) is 0. The van der Waals surface area contributed by atoms with Gasteiger partial charge in [0.15, 0.2) is 37.7 Å². The maximum absolute atomic E-state index is 6.62. The van der Waals surface area contributed by atoms with E-state index in [0.717, 1.165) is 39.8 Å². The summed E-state index contributed by atoms with van der Waals surface area (Å²) in [6, 6.07) is 60.5. The van der Waals surface area contributed by atoms with Crippen LogP contribution in [-0.2, 0) is 99.5 Å². The van der Waals surface area contributed by atoms with Crippen LogP contribution in [0.3, 0.4) is 0 Å². The minimum Gasteiger partial charge on any atom is -0.378 e. The molecule has 12 rings (SSSR count). The molecule has 0 radical (unpaired) electrons. The number of benzene rings is 6. The van der Waals surface area contributed by atoms with Crippen LogP contribution in [-0.4, -0.2) is 264 Å². The Labute approximate surface area is 694 Å². The summed E-state index contributed by atoms with van der Waals surface area (Å²) in [6.45, 7) is 32.3. The highest BCUT2D eigenvalue weighted by Crippen LogP contribution is 2.35. The molecule has 6 aromatic rings. The Kier molecular flexibility index (Phi) is 36.9. The zero-order valence-corrected chi connectivity index (χ0v) is 70.5. The minimum atomic E-state index is -0.517. The first-order valence-electron chi connectivity index (χ1n) is 42.6. The van der Waals surface area contributed by atoms with Crippen LogP contribution in [0.1, 0.15) is 147 Å². The number of nitrogens with zero attached hydrogens (tertiary/aromatic N) is 3. The highest BCUT2D eigenvalue weighted by molar-refractivity contribution is 5.21. The van der Waals surface area contributed by atoms with Crippen LogP contribution < -0.4 is 0 Å². The highest BCUT2D eigenvalue weighted by atomic mass is 16.8. The topological polar surface area (TPSA) is 204 Å². The van der Waals surface area contributed by atoms with Gasteiger partial charge < -0.3 is 99.5 Å². The largest absolute Gasteiger partial charge is 0.378 e. The Morgan fingerprint density at radius 3 is 0.632 bits per heavy atom. The van der Waals surface area contributed by atoms with Gasteiger partial charge in [0.1, 0.15) is 0 Å². The van der Waals surface area contributed by atoms with Gasteiger partial charge in [-0.05, 0) is 68.7 Å². The normalized spacial score (nSPS) is 26.5. The Morgan fingerprint density at radius 2 is 0.444 bits per heavy atom. The Hall–Kier alpha value is -5.64. The van der Waals surface area contributed by atoms with E-state index in [4.69, 9.17) is 99.5 Å². The van der Waals surface area contributed by atoms with Crippen LogP contribution in [0, 0.1) is 5.41 Å². The van der Waals surface area contributed by atoms with Gasteiger partial charge >= 0.3 is 0 Å². The molecule has 0 N–H and O–H groups in total. The van der Waals surface area contributed by atoms with Crippen molar-refractivity contribution < 1.29 is 99.5 Å². The van der Waals surface area contributed by atoms with Gasteiger partial charge in [0, 0.05) is 96.2 Å². The number of hydrogen-bond donors (Lipinski definition) is 0. The van der Waals surface area contributed by atoms with Crippen LogP contribution in [0.2, 0.25) is 0 Å². The summed E-state index contributed by atoms with van der Waals surface area (Å²) in [6.07, 6.45) is -3.92. The summed E-state index contributed by atoms with van der Waals surface area (Å²) < 4.78 is 135. The molecular formula is C93H131N3O21. The first kappa shape index (κ1) is 90.6. The van der Waals surface area contributed by atoms with E-state index >= 15 is 0 Å². The molecule has 6 aliphatic rings. The third-order valence-corrected chi connectivity index (χ3v) is 22.2. The van der Waals surface area contributed by atoms with E-state index in [0.29, 0.717) is 158 Å². The molecule has 24 nitrogen and oxygen atoms in total. The molecule has 24 heteroatoms. The lowest BCUT2D eigenvalue weighted by molar-refractivity contribution is -0.121. The average molecular weight is 1630 g/mol. The van der Waals surface area contributed by atoms with E-state index in [2.05, 4.69) is 42.4 Å². The second-order valence-corrected chi connectivity index (χ2v) is 32.7. The lowest BCUT2D eigenvalue weighted by atomic mass is 9.88. The Balaban J connectivity index is 0.612. The zero-order valence-electron chi connectivity index (χ0n) is 70.5. The molecular weight excluding hydrogens is 1500 g/mol. The molecule has 0 bridgehead atoms. The number of ether oxygens (including phenoxy) is 21.